The van der Waals surface area contributed by atoms with Gasteiger partial charge in [0.05, 0.1) is 0 Å². The molecule has 2 nitrogen and oxygen atoms in total. The third-order valence-corrected chi connectivity index (χ3v) is 0.534. The van der Waals surface area contributed by atoms with Gasteiger partial charge in [-0.1, -0.05) is 18.3 Å². The maximum absolute atomic E-state index is 7.97. The highest BCUT2D eigenvalue weighted by Crippen LogP contribution is 1.75. The molecule has 0 heterocycles. The number of oxime groups is 1. The van der Waals surface area contributed by atoms with E-state index in [1.165, 1.54) is 12.2 Å². The molecule has 0 saturated heterocycles. The van der Waals surface area contributed by atoms with Gasteiger partial charge in [-0.25, -0.2) is 0 Å². The van der Waals surface area contributed by atoms with Gasteiger partial charge in [0, 0.05) is 0 Å². The van der Waals surface area contributed by atoms with Crippen molar-refractivity contribution in [3.05, 3.63) is 25.3 Å². The SMILES string of the molecule is C=CC(C=C)=NO. The predicted molar refractivity (Wildman–Crippen MR) is 29.6 cm³/mol. The number of allylic oxidation sites excluding steroid dienone is 2. The highest BCUT2D eigenvalue weighted by molar-refractivity contribution is 6.02. The Bertz CT molecular complexity index is 94.6. The lowest BCUT2D eigenvalue weighted by Gasteiger charge is -1.79. The van der Waals surface area contributed by atoms with Crippen LogP contribution in [-0.4, -0.2) is 10.9 Å². The molecule has 7 heavy (non-hydrogen) atoms. The second-order valence-corrected chi connectivity index (χ2v) is 0.933. The zero-order valence-corrected chi connectivity index (χ0v) is 3.96. The minimum absolute atomic E-state index is 0.389. The van der Waals surface area contributed by atoms with Crippen LogP contribution in [0.4, 0.5) is 0 Å². The van der Waals surface area contributed by atoms with Crippen LogP contribution < -0.4 is 0 Å². The second-order valence-electron chi connectivity index (χ2n) is 0.933. The van der Waals surface area contributed by atoms with Gasteiger partial charge in [-0.15, -0.1) is 0 Å². The lowest BCUT2D eigenvalue weighted by atomic mass is 10.4. The van der Waals surface area contributed by atoms with Crippen molar-refractivity contribution in [2.75, 3.05) is 0 Å². The van der Waals surface area contributed by atoms with Crippen molar-refractivity contribution < 1.29 is 5.21 Å². The van der Waals surface area contributed by atoms with Crippen molar-refractivity contribution in [1.82, 2.24) is 0 Å². The molecule has 0 spiro atoms. The highest BCUT2D eigenvalue weighted by Gasteiger charge is 1.77. The van der Waals surface area contributed by atoms with Gasteiger partial charge in [0.1, 0.15) is 5.71 Å². The van der Waals surface area contributed by atoms with E-state index in [9.17, 15) is 0 Å². The molecule has 1 N–H and O–H groups in total. The standard InChI is InChI=1S/C5H7NO/c1-3-5(4-2)6-7/h3-4,7H,1-2H2. The highest BCUT2D eigenvalue weighted by atomic mass is 16.4. The summed E-state index contributed by atoms with van der Waals surface area (Å²) in [6.45, 7) is 6.68. The quantitative estimate of drug-likeness (QED) is 0.313. The van der Waals surface area contributed by atoms with Gasteiger partial charge < -0.3 is 5.21 Å². The molecule has 0 aromatic carbocycles. The van der Waals surface area contributed by atoms with E-state index in [0.717, 1.165) is 0 Å². The molecule has 0 unspecified atom stereocenters. The summed E-state index contributed by atoms with van der Waals surface area (Å²) in [5.41, 5.74) is 0.389. The number of hydrogen-bond acceptors (Lipinski definition) is 2. The minimum Gasteiger partial charge on any atom is -0.410 e. The van der Waals surface area contributed by atoms with E-state index in [1.807, 2.05) is 0 Å². The predicted octanol–water partition coefficient (Wildman–Crippen LogP) is 1.19. The van der Waals surface area contributed by atoms with Gasteiger partial charge in [-0.2, -0.15) is 0 Å². The van der Waals surface area contributed by atoms with Crippen LogP contribution >= 0.6 is 0 Å². The Morgan fingerprint density at radius 1 is 1.43 bits per heavy atom. The van der Waals surface area contributed by atoms with Crippen LogP contribution in [0.25, 0.3) is 0 Å². The molecule has 0 rings (SSSR count). The van der Waals surface area contributed by atoms with Crippen LogP contribution in [-0.2, 0) is 0 Å². The summed E-state index contributed by atoms with van der Waals surface area (Å²) in [6.07, 6.45) is 2.82. The molecular formula is C5H7NO. The normalized spacial score (nSPS) is 6.86. The molecule has 0 atom stereocenters. The molecule has 2 heteroatoms. The van der Waals surface area contributed by atoms with Gasteiger partial charge in [-0.05, 0) is 12.2 Å². The van der Waals surface area contributed by atoms with Gasteiger partial charge >= 0.3 is 0 Å². The average Bonchev–Trinajstić information content (AvgIpc) is 1.72. The maximum Gasteiger partial charge on any atom is 0.101 e. The fourth-order valence-corrected chi connectivity index (χ4v) is 0.165. The first kappa shape index (κ1) is 5.95. The van der Waals surface area contributed by atoms with E-state index in [-0.39, 0.29) is 0 Å². The topological polar surface area (TPSA) is 32.6 Å². The molecule has 0 aromatic rings. The molecule has 0 radical (unpaired) electrons. The Morgan fingerprint density at radius 3 is 1.86 bits per heavy atom. The molecular weight excluding hydrogens is 90.1 g/mol. The average molecular weight is 97.1 g/mol. The summed E-state index contributed by atoms with van der Waals surface area (Å²) in [7, 11) is 0. The number of nitrogens with zero attached hydrogens (tertiary/aromatic N) is 1. The summed E-state index contributed by atoms with van der Waals surface area (Å²) in [5, 5.41) is 10.8. The third-order valence-electron chi connectivity index (χ3n) is 0.534. The van der Waals surface area contributed by atoms with Crippen LogP contribution in [0.15, 0.2) is 30.5 Å². The lowest BCUT2D eigenvalue weighted by molar-refractivity contribution is 0.320. The lowest BCUT2D eigenvalue weighted by Crippen LogP contribution is -1.81. The van der Waals surface area contributed by atoms with E-state index >= 15 is 0 Å². The van der Waals surface area contributed by atoms with Gasteiger partial charge in [0.2, 0.25) is 0 Å². The summed E-state index contributed by atoms with van der Waals surface area (Å²) in [4.78, 5) is 0. The fourth-order valence-electron chi connectivity index (χ4n) is 0.165. The summed E-state index contributed by atoms with van der Waals surface area (Å²) >= 11 is 0. The van der Waals surface area contributed by atoms with E-state index in [0.29, 0.717) is 5.71 Å². The molecule has 0 saturated carbocycles. The Labute approximate surface area is 42.5 Å². The van der Waals surface area contributed by atoms with Crippen LogP contribution in [0.2, 0.25) is 0 Å². The molecule has 0 bridgehead atoms. The zero-order valence-electron chi connectivity index (χ0n) is 3.96. The first-order valence-electron chi connectivity index (χ1n) is 1.82. The first-order chi connectivity index (χ1) is 3.35. The summed E-state index contributed by atoms with van der Waals surface area (Å²) < 4.78 is 0. The van der Waals surface area contributed by atoms with Crippen LogP contribution in [0, 0.1) is 0 Å². The number of rotatable bonds is 2. The van der Waals surface area contributed by atoms with Crippen LogP contribution in [0.3, 0.4) is 0 Å². The van der Waals surface area contributed by atoms with Crippen molar-refractivity contribution in [1.29, 1.82) is 0 Å². The first-order valence-corrected chi connectivity index (χ1v) is 1.82. The van der Waals surface area contributed by atoms with Crippen molar-refractivity contribution in [3.63, 3.8) is 0 Å². The largest absolute Gasteiger partial charge is 0.410 e. The Balaban J connectivity index is 3.85. The molecule has 0 aliphatic carbocycles. The van der Waals surface area contributed by atoms with Crippen molar-refractivity contribution >= 4 is 5.71 Å². The Morgan fingerprint density at radius 2 is 1.86 bits per heavy atom. The van der Waals surface area contributed by atoms with E-state index < -0.39 is 0 Å². The molecule has 0 fully saturated rings. The molecule has 0 amide bonds. The molecule has 38 valence electrons. The molecule has 0 aliphatic heterocycles. The van der Waals surface area contributed by atoms with Crippen molar-refractivity contribution in [3.8, 4) is 0 Å². The fraction of sp³-hybridized carbons (Fsp3) is 0. The molecule has 0 aromatic heterocycles. The minimum atomic E-state index is 0.389. The second kappa shape index (κ2) is 3.15. The Hall–Kier alpha value is -1.05. The van der Waals surface area contributed by atoms with Crippen molar-refractivity contribution in [2.45, 2.75) is 0 Å². The van der Waals surface area contributed by atoms with Gasteiger partial charge in [0.25, 0.3) is 0 Å². The smallest absolute Gasteiger partial charge is 0.101 e. The Kier molecular flexibility index (Phi) is 2.68. The van der Waals surface area contributed by atoms with E-state index in [1.54, 1.807) is 0 Å². The van der Waals surface area contributed by atoms with E-state index in [4.69, 9.17) is 5.21 Å². The monoisotopic (exact) mass is 97.1 g/mol. The number of hydrogen-bond donors (Lipinski definition) is 1. The maximum atomic E-state index is 7.97. The molecule has 0 aliphatic rings. The van der Waals surface area contributed by atoms with Gasteiger partial charge in [-0.3, -0.25) is 0 Å². The van der Waals surface area contributed by atoms with Crippen LogP contribution in [0.1, 0.15) is 0 Å². The zero-order chi connectivity index (χ0) is 5.70. The third kappa shape index (κ3) is 1.76. The summed E-state index contributed by atoms with van der Waals surface area (Å²) in [5.74, 6) is 0. The summed E-state index contributed by atoms with van der Waals surface area (Å²) in [6, 6.07) is 0. The van der Waals surface area contributed by atoms with Gasteiger partial charge in [0.15, 0.2) is 0 Å². The van der Waals surface area contributed by atoms with Crippen LogP contribution in [0.5, 0.6) is 0 Å². The van der Waals surface area contributed by atoms with E-state index in [2.05, 4.69) is 18.3 Å². The van der Waals surface area contributed by atoms with Crippen molar-refractivity contribution in [2.24, 2.45) is 5.16 Å².